The van der Waals surface area contributed by atoms with Crippen LogP contribution in [0.1, 0.15) is 23.8 Å². The van der Waals surface area contributed by atoms with Crippen LogP contribution < -0.4 is 21.3 Å². The fourth-order valence-electron chi connectivity index (χ4n) is 3.17. The Kier molecular flexibility index (Phi) is 9.66. The fourth-order valence-corrected chi connectivity index (χ4v) is 4.01. The molecule has 0 unspecified atom stereocenters. The second-order valence-electron chi connectivity index (χ2n) is 7.64. The zero-order chi connectivity index (χ0) is 24.3. The number of carbonyl (C=O) groups excluding carboxylic acids is 2. The second kappa shape index (κ2) is 12.9. The van der Waals surface area contributed by atoms with E-state index in [1.54, 1.807) is 23.5 Å². The van der Waals surface area contributed by atoms with Crippen molar-refractivity contribution < 1.29 is 9.59 Å². The van der Waals surface area contributed by atoms with Gasteiger partial charge in [0.25, 0.3) is 0 Å². The predicted molar refractivity (Wildman–Crippen MR) is 139 cm³/mol. The van der Waals surface area contributed by atoms with E-state index in [1.165, 1.54) is 11.8 Å². The van der Waals surface area contributed by atoms with Crippen LogP contribution in [0.4, 0.5) is 11.6 Å². The van der Waals surface area contributed by atoms with E-state index in [1.807, 2.05) is 36.6 Å². The Hall–Kier alpha value is -3.17. The van der Waals surface area contributed by atoms with Crippen LogP contribution in [0.5, 0.6) is 0 Å². The highest BCUT2D eigenvalue weighted by Crippen LogP contribution is 2.26. The third-order valence-electron chi connectivity index (χ3n) is 4.96. The smallest absolute Gasteiger partial charge is 0.220 e. The van der Waals surface area contributed by atoms with E-state index in [2.05, 4.69) is 31.2 Å². The van der Waals surface area contributed by atoms with Crippen molar-refractivity contribution >= 4 is 46.4 Å². The first-order valence-electron chi connectivity index (χ1n) is 11.1. The number of amides is 2. The SMILES string of the molecule is CC(=O)NCCNc1nc(-c2ccc(Cl)cc2)nc(NCCNC(=O)CCc2cccs2)c1C. The largest absolute Gasteiger partial charge is 0.368 e. The molecule has 2 amide bonds. The molecule has 0 bridgehead atoms. The summed E-state index contributed by atoms with van der Waals surface area (Å²) in [5.41, 5.74) is 1.68. The summed E-state index contributed by atoms with van der Waals surface area (Å²) in [6.07, 6.45) is 1.22. The normalized spacial score (nSPS) is 10.6. The summed E-state index contributed by atoms with van der Waals surface area (Å²) >= 11 is 7.69. The fraction of sp³-hybridized carbons (Fsp3) is 0.333. The molecule has 0 saturated carbocycles. The quantitative estimate of drug-likeness (QED) is 0.281. The number of hydrogen-bond acceptors (Lipinski definition) is 7. The molecule has 0 fully saturated rings. The number of nitrogens with one attached hydrogen (secondary N) is 4. The Morgan fingerprint density at radius 1 is 0.941 bits per heavy atom. The number of anilines is 2. The van der Waals surface area contributed by atoms with Gasteiger partial charge in [-0.1, -0.05) is 17.7 Å². The van der Waals surface area contributed by atoms with E-state index in [9.17, 15) is 9.59 Å². The monoisotopic (exact) mass is 500 g/mol. The van der Waals surface area contributed by atoms with Gasteiger partial charge in [-0.2, -0.15) is 0 Å². The number of hydrogen-bond donors (Lipinski definition) is 4. The zero-order valence-corrected chi connectivity index (χ0v) is 20.9. The zero-order valence-electron chi connectivity index (χ0n) is 19.3. The Morgan fingerprint density at radius 3 is 2.18 bits per heavy atom. The Balaban J connectivity index is 1.62. The molecule has 10 heteroatoms. The van der Waals surface area contributed by atoms with E-state index >= 15 is 0 Å². The van der Waals surface area contributed by atoms with Crippen LogP contribution in [-0.4, -0.2) is 48.0 Å². The van der Waals surface area contributed by atoms with Crippen molar-refractivity contribution in [3.05, 3.63) is 57.2 Å². The standard InChI is InChI=1S/C24H29ClN6O2S/c1-16-22(28-13-11-26-17(2)32)30-24(18-5-7-19(25)8-6-18)31-23(16)29-14-12-27-21(33)10-9-20-4-3-15-34-20/h3-8,15H,9-14H2,1-2H3,(H,26,32)(H,27,33)(H2,28,29,30,31). The van der Waals surface area contributed by atoms with Crippen molar-refractivity contribution in [1.29, 1.82) is 0 Å². The summed E-state index contributed by atoms with van der Waals surface area (Å²) in [5, 5.41) is 14.9. The lowest BCUT2D eigenvalue weighted by Crippen LogP contribution is -2.29. The van der Waals surface area contributed by atoms with Crippen LogP contribution in [0.15, 0.2) is 41.8 Å². The molecule has 4 N–H and O–H groups in total. The van der Waals surface area contributed by atoms with Gasteiger partial charge in [0.1, 0.15) is 11.6 Å². The van der Waals surface area contributed by atoms with E-state index in [0.717, 1.165) is 17.5 Å². The minimum Gasteiger partial charge on any atom is -0.368 e. The maximum atomic E-state index is 12.1. The number of benzene rings is 1. The summed E-state index contributed by atoms with van der Waals surface area (Å²) < 4.78 is 0. The molecular weight excluding hydrogens is 472 g/mol. The van der Waals surface area contributed by atoms with Crippen LogP contribution in [-0.2, 0) is 16.0 Å². The summed E-state index contributed by atoms with van der Waals surface area (Å²) in [7, 11) is 0. The van der Waals surface area contributed by atoms with Crippen molar-refractivity contribution in [1.82, 2.24) is 20.6 Å². The number of halogens is 1. The van der Waals surface area contributed by atoms with E-state index < -0.39 is 0 Å². The molecule has 0 saturated heterocycles. The molecule has 0 aliphatic carbocycles. The van der Waals surface area contributed by atoms with E-state index in [-0.39, 0.29) is 11.8 Å². The second-order valence-corrected chi connectivity index (χ2v) is 9.11. The van der Waals surface area contributed by atoms with E-state index in [0.29, 0.717) is 55.1 Å². The van der Waals surface area contributed by atoms with Crippen molar-refractivity contribution in [3.63, 3.8) is 0 Å². The van der Waals surface area contributed by atoms with Gasteiger partial charge in [-0.05, 0) is 49.1 Å². The molecule has 0 radical (unpaired) electrons. The van der Waals surface area contributed by atoms with Gasteiger partial charge in [-0.25, -0.2) is 9.97 Å². The van der Waals surface area contributed by atoms with Crippen molar-refractivity contribution in [3.8, 4) is 11.4 Å². The number of rotatable bonds is 12. The molecule has 180 valence electrons. The molecule has 3 aromatic rings. The first-order valence-corrected chi connectivity index (χ1v) is 12.3. The lowest BCUT2D eigenvalue weighted by molar-refractivity contribution is -0.121. The summed E-state index contributed by atoms with van der Waals surface area (Å²) in [6, 6.07) is 11.4. The Bertz CT molecular complexity index is 1090. The molecular formula is C24H29ClN6O2S. The third-order valence-corrected chi connectivity index (χ3v) is 6.15. The van der Waals surface area contributed by atoms with Gasteiger partial charge < -0.3 is 21.3 Å². The maximum absolute atomic E-state index is 12.1. The highest BCUT2D eigenvalue weighted by Gasteiger charge is 2.13. The van der Waals surface area contributed by atoms with Crippen LogP contribution in [0.3, 0.4) is 0 Å². The average molecular weight is 501 g/mol. The third kappa shape index (κ3) is 8.00. The number of aromatic nitrogens is 2. The molecule has 8 nitrogen and oxygen atoms in total. The van der Waals surface area contributed by atoms with Gasteiger partial charge in [0.05, 0.1) is 0 Å². The van der Waals surface area contributed by atoms with Gasteiger partial charge in [0.15, 0.2) is 5.82 Å². The molecule has 2 aromatic heterocycles. The average Bonchev–Trinajstić information content (AvgIpc) is 3.34. The number of aryl methyl sites for hydroxylation is 1. The van der Waals surface area contributed by atoms with Crippen molar-refractivity contribution in [2.45, 2.75) is 26.7 Å². The number of thiophene rings is 1. The van der Waals surface area contributed by atoms with E-state index in [4.69, 9.17) is 11.6 Å². The summed E-state index contributed by atoms with van der Waals surface area (Å²) in [5.74, 6) is 1.84. The Morgan fingerprint density at radius 2 is 1.59 bits per heavy atom. The van der Waals surface area contributed by atoms with Crippen molar-refractivity contribution in [2.24, 2.45) is 0 Å². The van der Waals surface area contributed by atoms with Gasteiger partial charge in [0, 0.05) is 60.6 Å². The number of carbonyl (C=O) groups is 2. The lowest BCUT2D eigenvalue weighted by Gasteiger charge is -2.16. The molecule has 34 heavy (non-hydrogen) atoms. The highest BCUT2D eigenvalue weighted by molar-refractivity contribution is 7.09. The Labute approximate surface area is 208 Å². The first kappa shape index (κ1) is 25.5. The minimum atomic E-state index is -0.0807. The summed E-state index contributed by atoms with van der Waals surface area (Å²) in [6.45, 7) is 5.42. The molecule has 3 rings (SSSR count). The lowest BCUT2D eigenvalue weighted by atomic mass is 10.2. The molecule has 2 heterocycles. The van der Waals surface area contributed by atoms with Crippen LogP contribution in [0.2, 0.25) is 5.02 Å². The maximum Gasteiger partial charge on any atom is 0.220 e. The molecule has 0 atom stereocenters. The van der Waals surface area contributed by atoms with Crippen LogP contribution >= 0.6 is 22.9 Å². The van der Waals surface area contributed by atoms with Gasteiger partial charge >= 0.3 is 0 Å². The topological polar surface area (TPSA) is 108 Å². The van der Waals surface area contributed by atoms with Gasteiger partial charge in [-0.3, -0.25) is 9.59 Å². The van der Waals surface area contributed by atoms with Crippen LogP contribution in [0.25, 0.3) is 11.4 Å². The molecule has 1 aromatic carbocycles. The van der Waals surface area contributed by atoms with Gasteiger partial charge in [0.2, 0.25) is 11.8 Å². The van der Waals surface area contributed by atoms with Gasteiger partial charge in [-0.15, -0.1) is 11.3 Å². The highest BCUT2D eigenvalue weighted by atomic mass is 35.5. The first-order chi connectivity index (χ1) is 16.4. The molecule has 0 spiro atoms. The molecule has 0 aliphatic heterocycles. The summed E-state index contributed by atoms with van der Waals surface area (Å²) in [4.78, 5) is 33.8. The number of nitrogens with zero attached hydrogens (tertiary/aromatic N) is 2. The minimum absolute atomic E-state index is 0.0248. The molecule has 0 aliphatic rings. The van der Waals surface area contributed by atoms with Crippen molar-refractivity contribution in [2.75, 3.05) is 36.8 Å². The van der Waals surface area contributed by atoms with Crippen LogP contribution in [0, 0.1) is 6.92 Å². The predicted octanol–water partition coefficient (Wildman–Crippen LogP) is 3.88.